The van der Waals surface area contributed by atoms with Crippen LogP contribution in [0.15, 0.2) is 41.3 Å². The minimum Gasteiger partial charge on any atom is -0.0616 e. The predicted molar refractivity (Wildman–Crippen MR) is 68.6 cm³/mol. The third-order valence-corrected chi connectivity index (χ3v) is 4.26. The van der Waals surface area contributed by atoms with Gasteiger partial charge in [-0.2, -0.15) is 0 Å². The van der Waals surface area contributed by atoms with Crippen molar-refractivity contribution in [2.45, 2.75) is 11.8 Å². The molecule has 0 amide bonds. The number of rotatable bonds is 1. The van der Waals surface area contributed by atoms with E-state index in [2.05, 4.69) is 64.5 Å². The van der Waals surface area contributed by atoms with Gasteiger partial charge in [-0.05, 0) is 29.3 Å². The van der Waals surface area contributed by atoms with Crippen molar-refractivity contribution >= 4 is 40.9 Å². The minimum absolute atomic E-state index is 1.33. The van der Waals surface area contributed by atoms with E-state index in [0.717, 1.165) is 0 Å². The van der Waals surface area contributed by atoms with Crippen LogP contribution in [0.1, 0.15) is 5.56 Å². The summed E-state index contributed by atoms with van der Waals surface area (Å²) < 4.78 is 0. The molecule has 2 rings (SSSR count). The topological polar surface area (TPSA) is 0 Å². The standard InChI is InChI=1S/C11H9IS/c1-8-10-5-3-2-4-9(10)6-7-11(8)13-12/h2-7H,1H3. The molecule has 13 heavy (non-hydrogen) atoms. The van der Waals surface area contributed by atoms with Gasteiger partial charge < -0.3 is 0 Å². The molecule has 66 valence electrons. The zero-order valence-electron chi connectivity index (χ0n) is 7.25. The Morgan fingerprint density at radius 2 is 1.85 bits per heavy atom. The molecule has 0 fully saturated rings. The van der Waals surface area contributed by atoms with E-state index < -0.39 is 0 Å². The molecule has 0 aliphatic heterocycles. The average Bonchev–Trinajstić information content (AvgIpc) is 2.19. The Kier molecular flexibility index (Phi) is 2.79. The van der Waals surface area contributed by atoms with Crippen LogP contribution in [0.3, 0.4) is 0 Å². The summed E-state index contributed by atoms with van der Waals surface area (Å²) in [6.07, 6.45) is 0. The predicted octanol–water partition coefficient (Wildman–Crippen LogP) is 4.59. The van der Waals surface area contributed by atoms with Gasteiger partial charge in [-0.15, -0.1) is 0 Å². The first-order valence-electron chi connectivity index (χ1n) is 4.10. The van der Waals surface area contributed by atoms with Gasteiger partial charge in [0.15, 0.2) is 0 Å². The fourth-order valence-electron chi connectivity index (χ4n) is 1.49. The van der Waals surface area contributed by atoms with Crippen LogP contribution in [0.25, 0.3) is 10.8 Å². The smallest absolute Gasteiger partial charge is 0.0214 e. The number of hydrogen-bond acceptors (Lipinski definition) is 1. The quantitative estimate of drug-likeness (QED) is 0.694. The highest BCUT2D eigenvalue weighted by Gasteiger charge is 2.01. The molecule has 0 aliphatic rings. The second kappa shape index (κ2) is 3.88. The van der Waals surface area contributed by atoms with E-state index in [1.807, 2.05) is 0 Å². The van der Waals surface area contributed by atoms with Gasteiger partial charge in [0.25, 0.3) is 0 Å². The maximum Gasteiger partial charge on any atom is 0.0214 e. The summed E-state index contributed by atoms with van der Waals surface area (Å²) in [5.41, 5.74) is 1.39. The number of fused-ring (bicyclic) bond motifs is 1. The number of hydrogen-bond donors (Lipinski definition) is 0. The molecule has 0 saturated carbocycles. The Balaban J connectivity index is 2.79. The Labute approximate surface area is 94.3 Å². The van der Waals surface area contributed by atoms with Crippen LogP contribution in [0.2, 0.25) is 0 Å². The molecule has 0 N–H and O–H groups in total. The van der Waals surface area contributed by atoms with Crippen LogP contribution < -0.4 is 0 Å². The lowest BCUT2D eigenvalue weighted by Crippen LogP contribution is -1.80. The van der Waals surface area contributed by atoms with Crippen LogP contribution in [0.5, 0.6) is 0 Å². The molecular weight excluding hydrogens is 291 g/mol. The Hall–Kier alpha value is -0.220. The van der Waals surface area contributed by atoms with Gasteiger partial charge in [0.2, 0.25) is 0 Å². The van der Waals surface area contributed by atoms with Crippen molar-refractivity contribution in [2.24, 2.45) is 0 Å². The Morgan fingerprint density at radius 1 is 1.08 bits per heavy atom. The van der Waals surface area contributed by atoms with Crippen molar-refractivity contribution in [1.82, 2.24) is 0 Å². The van der Waals surface area contributed by atoms with Crippen LogP contribution >= 0.6 is 30.1 Å². The largest absolute Gasteiger partial charge is 0.0616 e. The van der Waals surface area contributed by atoms with Gasteiger partial charge in [-0.25, -0.2) is 0 Å². The summed E-state index contributed by atoms with van der Waals surface area (Å²) in [4.78, 5) is 1.36. The zero-order chi connectivity index (χ0) is 9.26. The fourth-order valence-corrected chi connectivity index (χ4v) is 3.27. The first-order valence-corrected chi connectivity index (χ1v) is 7.46. The summed E-state index contributed by atoms with van der Waals surface area (Å²) in [6.45, 7) is 2.18. The second-order valence-electron chi connectivity index (χ2n) is 2.99. The SMILES string of the molecule is Cc1c(SI)ccc2ccccc12. The lowest BCUT2D eigenvalue weighted by molar-refractivity contribution is 1.36. The first kappa shape index (κ1) is 9.34. The molecule has 0 spiro atoms. The number of aryl methyl sites for hydroxylation is 1. The van der Waals surface area contributed by atoms with E-state index >= 15 is 0 Å². The summed E-state index contributed by atoms with van der Waals surface area (Å²) in [5.74, 6) is 0. The Morgan fingerprint density at radius 3 is 2.62 bits per heavy atom. The molecule has 0 aliphatic carbocycles. The van der Waals surface area contributed by atoms with Crippen molar-refractivity contribution in [3.63, 3.8) is 0 Å². The summed E-state index contributed by atoms with van der Waals surface area (Å²) in [7, 11) is 1.78. The van der Waals surface area contributed by atoms with Crippen molar-refractivity contribution in [2.75, 3.05) is 0 Å². The van der Waals surface area contributed by atoms with Gasteiger partial charge in [0, 0.05) is 26.1 Å². The molecule has 0 aromatic heterocycles. The molecule has 0 unspecified atom stereocenters. The van der Waals surface area contributed by atoms with E-state index in [-0.39, 0.29) is 0 Å². The maximum absolute atomic E-state index is 2.33. The van der Waals surface area contributed by atoms with Gasteiger partial charge in [0.05, 0.1) is 0 Å². The lowest BCUT2D eigenvalue weighted by atomic mass is 10.1. The van der Waals surface area contributed by atoms with Crippen molar-refractivity contribution in [3.8, 4) is 0 Å². The van der Waals surface area contributed by atoms with Crippen molar-refractivity contribution in [3.05, 3.63) is 42.0 Å². The Bertz CT molecular complexity index is 437. The average molecular weight is 300 g/mol. The molecule has 2 heteroatoms. The molecule has 2 aromatic carbocycles. The minimum atomic E-state index is 1.33. The van der Waals surface area contributed by atoms with Gasteiger partial charge in [0.1, 0.15) is 0 Å². The molecule has 0 nitrogen and oxygen atoms in total. The van der Waals surface area contributed by atoms with Gasteiger partial charge >= 0.3 is 0 Å². The van der Waals surface area contributed by atoms with Gasteiger partial charge in [-0.1, -0.05) is 39.3 Å². The summed E-state index contributed by atoms with van der Waals surface area (Å²) in [5, 5.41) is 2.69. The highest BCUT2D eigenvalue weighted by atomic mass is 127. The van der Waals surface area contributed by atoms with Crippen LogP contribution in [0, 0.1) is 6.92 Å². The first-order chi connectivity index (χ1) is 6.33. The van der Waals surface area contributed by atoms with E-state index in [1.165, 1.54) is 21.2 Å². The van der Waals surface area contributed by atoms with Crippen LogP contribution in [-0.4, -0.2) is 0 Å². The van der Waals surface area contributed by atoms with Crippen molar-refractivity contribution < 1.29 is 0 Å². The normalized spacial score (nSPS) is 10.6. The van der Waals surface area contributed by atoms with Crippen molar-refractivity contribution in [1.29, 1.82) is 0 Å². The highest BCUT2D eigenvalue weighted by molar-refractivity contribution is 14.2. The third-order valence-electron chi connectivity index (χ3n) is 2.23. The third kappa shape index (κ3) is 1.70. The van der Waals surface area contributed by atoms with Gasteiger partial charge in [-0.3, -0.25) is 0 Å². The fraction of sp³-hybridized carbons (Fsp3) is 0.0909. The number of benzene rings is 2. The highest BCUT2D eigenvalue weighted by Crippen LogP contribution is 2.32. The maximum atomic E-state index is 2.33. The molecule has 0 bridgehead atoms. The molecule has 0 radical (unpaired) electrons. The molecular formula is C11H9IS. The van der Waals surface area contributed by atoms with E-state index in [0.29, 0.717) is 0 Å². The second-order valence-corrected chi connectivity index (χ2v) is 4.90. The van der Waals surface area contributed by atoms with Crippen LogP contribution in [0.4, 0.5) is 0 Å². The summed E-state index contributed by atoms with van der Waals surface area (Å²) >= 11 is 2.33. The monoisotopic (exact) mass is 300 g/mol. The molecule has 0 atom stereocenters. The summed E-state index contributed by atoms with van der Waals surface area (Å²) in [6, 6.07) is 12.9. The molecule has 0 heterocycles. The van der Waals surface area contributed by atoms with E-state index in [9.17, 15) is 0 Å². The van der Waals surface area contributed by atoms with E-state index in [1.54, 1.807) is 8.93 Å². The number of halogens is 1. The zero-order valence-corrected chi connectivity index (χ0v) is 10.2. The van der Waals surface area contributed by atoms with E-state index in [4.69, 9.17) is 0 Å². The lowest BCUT2D eigenvalue weighted by Gasteiger charge is -2.05. The molecule has 0 saturated heterocycles. The molecule has 2 aromatic rings. The van der Waals surface area contributed by atoms with Crippen LogP contribution in [-0.2, 0) is 0 Å².